The molecule has 8 bridgehead atoms. The number of aliphatic imine (C=N–C) groups is 3. The van der Waals surface area contributed by atoms with Gasteiger partial charge in [-0.3, -0.25) is 4.99 Å². The molecule has 3 nitrogen and oxygen atoms in total. The highest BCUT2D eigenvalue weighted by Crippen LogP contribution is 2.39. The molecule has 0 unspecified atom stereocenters. The molecule has 0 aliphatic carbocycles. The maximum Gasteiger partial charge on any atom is 0.139 e. The highest BCUT2D eigenvalue weighted by Gasteiger charge is 2.33. The van der Waals surface area contributed by atoms with Crippen LogP contribution in [0.15, 0.2) is 148 Å². The van der Waals surface area contributed by atoms with Crippen LogP contribution in [0, 0.1) is 0 Å². The van der Waals surface area contributed by atoms with Gasteiger partial charge in [-0.15, -0.1) is 0 Å². The second-order valence-corrected chi connectivity index (χ2v) is 12.2. The van der Waals surface area contributed by atoms with Crippen molar-refractivity contribution in [2.75, 3.05) is 0 Å². The minimum atomic E-state index is -0.413. The van der Waals surface area contributed by atoms with Gasteiger partial charge in [0, 0.05) is 22.0 Å². The van der Waals surface area contributed by atoms with Crippen molar-refractivity contribution in [1.29, 1.82) is 0 Å². The van der Waals surface area contributed by atoms with Crippen LogP contribution >= 0.6 is 0 Å². The number of rotatable bonds is 2. The van der Waals surface area contributed by atoms with Gasteiger partial charge in [-0.1, -0.05) is 123 Å². The smallest absolute Gasteiger partial charge is 0.139 e. The molecule has 0 N–H and O–H groups in total. The molecule has 3 heterocycles. The van der Waals surface area contributed by atoms with Gasteiger partial charge < -0.3 is 0 Å². The lowest BCUT2D eigenvalue weighted by molar-refractivity contribution is 0.711. The molecule has 0 fully saturated rings. The van der Waals surface area contributed by atoms with Crippen LogP contribution in [0.4, 0.5) is 0 Å². The van der Waals surface area contributed by atoms with E-state index in [0.717, 1.165) is 61.9 Å². The fourth-order valence-corrected chi connectivity index (χ4v) is 6.10. The van der Waals surface area contributed by atoms with Crippen LogP contribution < -0.4 is 0 Å². The fourth-order valence-electron chi connectivity index (χ4n) is 6.10. The lowest BCUT2D eigenvalue weighted by Gasteiger charge is -2.26. The molecule has 0 saturated heterocycles. The Labute approximate surface area is 248 Å². The third kappa shape index (κ3) is 4.33. The van der Waals surface area contributed by atoms with Crippen LogP contribution in [0.1, 0.15) is 61.1 Å². The summed E-state index contributed by atoms with van der Waals surface area (Å²) in [6, 6.07) is 38.7. The predicted molar refractivity (Wildman–Crippen MR) is 176 cm³/mol. The molecule has 0 radical (unpaired) electrons. The second kappa shape index (κ2) is 9.88. The summed E-state index contributed by atoms with van der Waals surface area (Å²) >= 11 is 0. The molecule has 3 aliphatic heterocycles. The molecule has 7 rings (SSSR count). The highest BCUT2D eigenvalue weighted by atomic mass is 15.0. The molecule has 4 aromatic carbocycles. The molecule has 4 aromatic rings. The first-order valence-corrected chi connectivity index (χ1v) is 14.5. The van der Waals surface area contributed by atoms with Crippen molar-refractivity contribution in [3.63, 3.8) is 0 Å². The Morgan fingerprint density at radius 3 is 1.60 bits per heavy atom. The Balaban J connectivity index is 1.54. The Hall–Kier alpha value is -4.89. The summed E-state index contributed by atoms with van der Waals surface area (Å²) in [5, 5.41) is 0. The average molecular weight is 544 g/mol. The zero-order valence-corrected chi connectivity index (χ0v) is 24.5. The van der Waals surface area contributed by atoms with Crippen LogP contribution in [0.25, 0.3) is 11.1 Å². The maximum absolute atomic E-state index is 5.31. The Bertz CT molecular complexity index is 1750. The third-order valence-electron chi connectivity index (χ3n) is 8.76. The fraction of sp³-hybridized carbons (Fsp3) is 0.154. The standard InChI is InChI=1S/C39H33N3/c1-38(2)30-19-11-18-29(23-30)36(27-15-9-6-10-16-27)33-25-40-37(42-33)39(3,4)31-20-12-17-28(24-31)35(26-13-7-5-8-14-26)32-21-22-34(38)41-32/h5-25H,1-4H3/b35-32-,36-33-. The summed E-state index contributed by atoms with van der Waals surface area (Å²) in [5.41, 5.74) is 11.3. The molecular formula is C39H33N3. The van der Waals surface area contributed by atoms with Gasteiger partial charge in [-0.25, -0.2) is 9.98 Å². The molecular weight excluding hydrogens is 510 g/mol. The summed E-state index contributed by atoms with van der Waals surface area (Å²) in [4.78, 5) is 15.5. The van der Waals surface area contributed by atoms with Crippen molar-refractivity contribution in [3.8, 4) is 0 Å². The number of hydrogen-bond acceptors (Lipinski definition) is 3. The molecule has 42 heavy (non-hydrogen) atoms. The Kier molecular flexibility index (Phi) is 6.13. The first-order chi connectivity index (χ1) is 20.3. The molecule has 0 saturated carbocycles. The van der Waals surface area contributed by atoms with E-state index in [1.807, 2.05) is 6.21 Å². The van der Waals surface area contributed by atoms with Crippen LogP contribution in [0.2, 0.25) is 0 Å². The van der Waals surface area contributed by atoms with Crippen molar-refractivity contribution >= 4 is 28.9 Å². The number of hydrogen-bond donors (Lipinski definition) is 0. The van der Waals surface area contributed by atoms with Crippen LogP contribution in [0.5, 0.6) is 0 Å². The van der Waals surface area contributed by atoms with Gasteiger partial charge in [0.1, 0.15) is 5.84 Å². The molecule has 204 valence electrons. The van der Waals surface area contributed by atoms with Gasteiger partial charge in [0.25, 0.3) is 0 Å². The summed E-state index contributed by atoms with van der Waals surface area (Å²) in [6.45, 7) is 8.94. The van der Waals surface area contributed by atoms with Crippen molar-refractivity contribution in [2.45, 2.75) is 38.5 Å². The van der Waals surface area contributed by atoms with Gasteiger partial charge in [-0.05, 0) is 59.4 Å². The first kappa shape index (κ1) is 26.0. The number of amidine groups is 1. The topological polar surface area (TPSA) is 37.1 Å². The summed E-state index contributed by atoms with van der Waals surface area (Å²) in [5.74, 6) is 0.807. The van der Waals surface area contributed by atoms with Gasteiger partial charge >= 0.3 is 0 Å². The molecule has 3 heteroatoms. The second-order valence-electron chi connectivity index (χ2n) is 12.2. The van der Waals surface area contributed by atoms with E-state index in [1.54, 1.807) is 0 Å². The highest BCUT2D eigenvalue weighted by molar-refractivity contribution is 6.11. The van der Waals surface area contributed by atoms with Gasteiger partial charge in [-0.2, -0.15) is 0 Å². The van der Waals surface area contributed by atoms with E-state index in [2.05, 4.69) is 149 Å². The van der Waals surface area contributed by atoms with E-state index in [-0.39, 0.29) is 5.41 Å². The van der Waals surface area contributed by atoms with Crippen molar-refractivity contribution in [2.24, 2.45) is 15.0 Å². The SMILES string of the molecule is CC1(C)C2=N/C(=C(/c3ccccc3)c3cccc(c3)C(C)(C)C3=N/C(=C(/c4ccccc4)c4cccc1c4)C=N3)C=C2. The molecule has 0 aromatic heterocycles. The Morgan fingerprint density at radius 1 is 0.476 bits per heavy atom. The van der Waals surface area contributed by atoms with Gasteiger partial charge in [0.2, 0.25) is 0 Å². The first-order valence-electron chi connectivity index (χ1n) is 14.5. The maximum atomic E-state index is 5.31. The number of nitrogens with zero attached hydrogens (tertiary/aromatic N) is 3. The Morgan fingerprint density at radius 2 is 1.00 bits per heavy atom. The van der Waals surface area contributed by atoms with Gasteiger partial charge in [0.05, 0.1) is 23.3 Å². The quantitative estimate of drug-likeness (QED) is 0.242. The summed E-state index contributed by atoms with van der Waals surface area (Å²) in [7, 11) is 0. The number of benzene rings is 4. The van der Waals surface area contributed by atoms with Crippen LogP contribution in [-0.4, -0.2) is 17.8 Å². The van der Waals surface area contributed by atoms with Crippen LogP contribution in [-0.2, 0) is 10.8 Å². The van der Waals surface area contributed by atoms with E-state index in [1.165, 1.54) is 5.56 Å². The third-order valence-corrected chi connectivity index (χ3v) is 8.76. The summed E-state index contributed by atoms with van der Waals surface area (Å²) < 4.78 is 0. The molecule has 0 amide bonds. The number of fused-ring (bicyclic) bond motifs is 6. The monoisotopic (exact) mass is 543 g/mol. The van der Waals surface area contributed by atoms with E-state index in [0.29, 0.717) is 0 Å². The van der Waals surface area contributed by atoms with E-state index >= 15 is 0 Å². The van der Waals surface area contributed by atoms with E-state index in [9.17, 15) is 0 Å². The molecule has 0 atom stereocenters. The van der Waals surface area contributed by atoms with Crippen molar-refractivity contribution < 1.29 is 0 Å². The van der Waals surface area contributed by atoms with Crippen LogP contribution in [0.3, 0.4) is 0 Å². The largest absolute Gasteiger partial charge is 0.252 e. The predicted octanol–water partition coefficient (Wildman–Crippen LogP) is 8.97. The zero-order valence-electron chi connectivity index (χ0n) is 24.5. The zero-order chi connectivity index (χ0) is 28.9. The number of allylic oxidation sites excluding steroid dienone is 3. The van der Waals surface area contributed by atoms with Gasteiger partial charge in [0.15, 0.2) is 0 Å². The normalized spacial score (nSPS) is 21.7. The minimum absolute atomic E-state index is 0.318. The minimum Gasteiger partial charge on any atom is -0.252 e. The molecule has 0 spiro atoms. The van der Waals surface area contributed by atoms with Crippen molar-refractivity contribution in [3.05, 3.63) is 166 Å². The van der Waals surface area contributed by atoms with E-state index in [4.69, 9.17) is 15.0 Å². The average Bonchev–Trinajstić information content (AvgIpc) is 3.71. The summed E-state index contributed by atoms with van der Waals surface area (Å²) in [6.07, 6.45) is 6.30. The van der Waals surface area contributed by atoms with E-state index < -0.39 is 5.41 Å². The van der Waals surface area contributed by atoms with Crippen molar-refractivity contribution in [1.82, 2.24) is 0 Å². The molecule has 3 aliphatic rings. The lowest BCUT2D eigenvalue weighted by Crippen LogP contribution is -2.27. The lowest BCUT2D eigenvalue weighted by atomic mass is 9.78.